The Kier molecular flexibility index (Phi) is 6.45. The van der Waals surface area contributed by atoms with Crippen LogP contribution < -0.4 is 6.15 Å². The van der Waals surface area contributed by atoms with Gasteiger partial charge in [0.05, 0.1) is 12.2 Å². The maximum atomic E-state index is 11.5. The van der Waals surface area contributed by atoms with Gasteiger partial charge >= 0.3 is 5.97 Å². The van der Waals surface area contributed by atoms with E-state index in [9.17, 15) is 15.0 Å². The normalized spacial score (nSPS) is 49.9. The van der Waals surface area contributed by atoms with Crippen LogP contribution in [0.1, 0.15) is 85.0 Å². The Balaban J connectivity index is 0.00000240. The summed E-state index contributed by atoms with van der Waals surface area (Å²) in [5.41, 5.74) is 0.216. The zero-order valence-corrected chi connectivity index (χ0v) is 18.6. The molecule has 3 unspecified atom stereocenters. The fourth-order valence-corrected chi connectivity index (χ4v) is 8.71. The second-order valence-electron chi connectivity index (χ2n) is 11.3. The fraction of sp³-hybridized carbons (Fsp3) is 0.958. The molecule has 0 spiro atoms. The van der Waals surface area contributed by atoms with E-state index in [1.807, 2.05) is 0 Å². The molecule has 0 bridgehead atoms. The van der Waals surface area contributed by atoms with Gasteiger partial charge in [-0.15, -0.1) is 0 Å². The quantitative estimate of drug-likeness (QED) is 0.540. The molecule has 0 saturated heterocycles. The minimum absolute atomic E-state index is 0. The van der Waals surface area contributed by atoms with Gasteiger partial charge in [-0.2, -0.15) is 0 Å². The summed E-state index contributed by atoms with van der Waals surface area (Å²) in [6.45, 7) is 6.99. The second kappa shape index (κ2) is 8.12. The molecule has 4 saturated carbocycles. The Bertz CT molecular complexity index is 612. The summed E-state index contributed by atoms with van der Waals surface area (Å²) in [5, 5.41) is 30.8. The van der Waals surface area contributed by atoms with E-state index in [2.05, 4.69) is 20.8 Å². The van der Waals surface area contributed by atoms with Gasteiger partial charge < -0.3 is 21.5 Å². The average molecular weight is 410 g/mol. The summed E-state index contributed by atoms with van der Waals surface area (Å²) in [5.74, 6) is 2.55. The third-order valence-electron chi connectivity index (χ3n) is 10.3. The third-order valence-corrected chi connectivity index (χ3v) is 10.3. The van der Waals surface area contributed by atoms with E-state index < -0.39 is 5.97 Å². The molecular weight excluding hydrogens is 366 g/mol. The predicted molar refractivity (Wildman–Crippen MR) is 114 cm³/mol. The molecule has 0 aromatic rings. The van der Waals surface area contributed by atoms with Crippen LogP contribution in [-0.2, 0) is 4.79 Å². The highest BCUT2D eigenvalue weighted by atomic mass is 16.4. The van der Waals surface area contributed by atoms with E-state index in [4.69, 9.17) is 5.11 Å². The molecule has 168 valence electrons. The van der Waals surface area contributed by atoms with Crippen molar-refractivity contribution in [1.29, 1.82) is 0 Å². The highest BCUT2D eigenvalue weighted by Crippen LogP contribution is 2.68. The Morgan fingerprint density at radius 1 is 1.03 bits per heavy atom. The van der Waals surface area contributed by atoms with Crippen LogP contribution in [0.5, 0.6) is 0 Å². The van der Waals surface area contributed by atoms with Gasteiger partial charge in [0, 0.05) is 6.42 Å². The first-order valence-corrected chi connectivity index (χ1v) is 11.8. The Morgan fingerprint density at radius 2 is 1.76 bits per heavy atom. The minimum atomic E-state index is -0.707. The predicted octanol–water partition coefficient (Wildman–Crippen LogP) is 4.64. The molecule has 6 N–H and O–H groups in total. The highest BCUT2D eigenvalue weighted by Gasteiger charge is 2.63. The van der Waals surface area contributed by atoms with E-state index in [-0.39, 0.29) is 35.6 Å². The van der Waals surface area contributed by atoms with Gasteiger partial charge in [0.25, 0.3) is 0 Å². The number of hydrogen-bond donors (Lipinski definition) is 4. The zero-order valence-electron chi connectivity index (χ0n) is 18.6. The lowest BCUT2D eigenvalue weighted by molar-refractivity contribution is -0.175. The average Bonchev–Trinajstić information content (AvgIpc) is 3.00. The Morgan fingerprint density at radius 3 is 2.45 bits per heavy atom. The van der Waals surface area contributed by atoms with Gasteiger partial charge in [-0.1, -0.05) is 20.8 Å². The molecule has 0 aliphatic heterocycles. The van der Waals surface area contributed by atoms with Crippen molar-refractivity contribution in [2.24, 2.45) is 46.3 Å². The van der Waals surface area contributed by atoms with Crippen molar-refractivity contribution >= 4 is 5.97 Å². The number of carboxylic acids is 1. The first-order chi connectivity index (χ1) is 13.2. The number of aliphatic hydroxyl groups is 2. The maximum absolute atomic E-state index is 11.5. The number of carboxylic acid groups (broad SMARTS) is 1. The van der Waals surface area contributed by atoms with Gasteiger partial charge in [0.2, 0.25) is 0 Å². The SMILES string of the molecule is C[C@H](CCC(=O)O)[C@H]1CCC2C3CC[C@@H]4C[C@H](O)CC[C@]4(C)C3C[C@H](O)[C@@]21C.N. The molecule has 5 heteroatoms. The van der Waals surface area contributed by atoms with Gasteiger partial charge in [-0.05, 0) is 104 Å². The molecule has 10 atom stereocenters. The van der Waals surface area contributed by atoms with Crippen molar-refractivity contribution in [3.05, 3.63) is 0 Å². The first-order valence-electron chi connectivity index (χ1n) is 11.8. The first kappa shape index (κ1) is 23.0. The number of hydrogen-bond acceptors (Lipinski definition) is 4. The van der Waals surface area contributed by atoms with E-state index in [1.165, 1.54) is 19.3 Å². The summed E-state index contributed by atoms with van der Waals surface area (Å²) >= 11 is 0. The highest BCUT2D eigenvalue weighted by molar-refractivity contribution is 5.66. The van der Waals surface area contributed by atoms with Gasteiger partial charge in [0.1, 0.15) is 0 Å². The summed E-state index contributed by atoms with van der Waals surface area (Å²) in [4.78, 5) is 11.1. The summed E-state index contributed by atoms with van der Waals surface area (Å²) < 4.78 is 0. The monoisotopic (exact) mass is 409 g/mol. The largest absolute Gasteiger partial charge is 0.481 e. The lowest BCUT2D eigenvalue weighted by atomic mass is 9.43. The van der Waals surface area contributed by atoms with E-state index in [0.717, 1.165) is 38.5 Å². The number of aliphatic carboxylic acids is 1. The van der Waals surface area contributed by atoms with Crippen molar-refractivity contribution in [3.8, 4) is 0 Å². The molecule has 4 fully saturated rings. The lowest BCUT2D eigenvalue weighted by Gasteiger charge is -2.62. The minimum Gasteiger partial charge on any atom is -0.481 e. The van der Waals surface area contributed by atoms with Crippen LogP contribution in [0.4, 0.5) is 0 Å². The smallest absolute Gasteiger partial charge is 0.303 e. The lowest BCUT2D eigenvalue weighted by Crippen LogP contribution is -2.58. The van der Waals surface area contributed by atoms with E-state index in [1.54, 1.807) is 0 Å². The topological polar surface area (TPSA) is 113 Å². The number of rotatable bonds is 4. The second-order valence-corrected chi connectivity index (χ2v) is 11.3. The van der Waals surface area contributed by atoms with Crippen LogP contribution in [0.2, 0.25) is 0 Å². The molecule has 5 nitrogen and oxygen atoms in total. The molecule has 4 aliphatic carbocycles. The number of fused-ring (bicyclic) bond motifs is 5. The summed E-state index contributed by atoms with van der Waals surface area (Å²) in [6, 6.07) is 0. The van der Waals surface area contributed by atoms with Crippen LogP contribution in [0.15, 0.2) is 0 Å². The molecule has 0 aromatic carbocycles. The number of aliphatic hydroxyl groups excluding tert-OH is 2. The van der Waals surface area contributed by atoms with Gasteiger partial charge in [-0.3, -0.25) is 4.79 Å². The molecule has 4 rings (SSSR count). The molecule has 0 aromatic heterocycles. The van der Waals surface area contributed by atoms with Crippen LogP contribution in [0.25, 0.3) is 0 Å². The molecule has 0 amide bonds. The van der Waals surface area contributed by atoms with Crippen LogP contribution in [0.3, 0.4) is 0 Å². The molecule has 29 heavy (non-hydrogen) atoms. The molecular formula is C24H43NO4. The van der Waals surface area contributed by atoms with Crippen molar-refractivity contribution in [3.63, 3.8) is 0 Å². The van der Waals surface area contributed by atoms with E-state index >= 15 is 0 Å². The van der Waals surface area contributed by atoms with Crippen molar-refractivity contribution < 1.29 is 20.1 Å². The Labute approximate surface area is 176 Å². The van der Waals surface area contributed by atoms with Crippen molar-refractivity contribution in [2.45, 2.75) is 97.2 Å². The zero-order chi connectivity index (χ0) is 20.3. The molecule has 4 aliphatic rings. The van der Waals surface area contributed by atoms with Crippen molar-refractivity contribution in [2.75, 3.05) is 0 Å². The summed E-state index contributed by atoms with van der Waals surface area (Å²) in [7, 11) is 0. The molecule has 0 heterocycles. The van der Waals surface area contributed by atoms with Crippen LogP contribution in [-0.4, -0.2) is 33.5 Å². The molecule has 0 radical (unpaired) electrons. The van der Waals surface area contributed by atoms with E-state index in [0.29, 0.717) is 35.5 Å². The van der Waals surface area contributed by atoms with Gasteiger partial charge in [0.15, 0.2) is 0 Å². The third kappa shape index (κ3) is 3.55. The fourth-order valence-electron chi connectivity index (χ4n) is 8.71. The summed E-state index contributed by atoms with van der Waals surface area (Å²) in [6.07, 6.45) is 9.26. The van der Waals surface area contributed by atoms with Crippen LogP contribution in [0, 0.1) is 46.3 Å². The Hall–Kier alpha value is -0.650. The maximum Gasteiger partial charge on any atom is 0.303 e. The number of carbonyl (C=O) groups is 1. The van der Waals surface area contributed by atoms with Crippen LogP contribution >= 0.6 is 0 Å². The van der Waals surface area contributed by atoms with Crippen molar-refractivity contribution in [1.82, 2.24) is 6.15 Å². The standard InChI is InChI=1S/C24H40O4.H3N/c1-14(4-9-22(27)28)18-7-8-19-17-6-5-15-12-16(25)10-11-23(15,2)20(17)13-21(26)24(18,19)3;/h14-21,25-26H,4-13H2,1-3H3,(H,27,28);1H3/t14-,15-,16-,17?,18-,19?,20?,21+,23+,24-;/m1./s1. The van der Waals surface area contributed by atoms with Gasteiger partial charge in [-0.25, -0.2) is 0 Å².